The Labute approximate surface area is 227 Å². The summed E-state index contributed by atoms with van der Waals surface area (Å²) in [6.07, 6.45) is 5.55. The number of hydrogen-bond donors (Lipinski definition) is 3. The highest BCUT2D eigenvalue weighted by Gasteiger charge is 2.31. The molecule has 1 atom stereocenters. The van der Waals surface area contributed by atoms with Crippen LogP contribution in [0.15, 0.2) is 41.7 Å². The van der Waals surface area contributed by atoms with Gasteiger partial charge >= 0.3 is 0 Å². The van der Waals surface area contributed by atoms with E-state index in [-0.39, 0.29) is 6.04 Å². The van der Waals surface area contributed by atoms with Crippen LogP contribution < -0.4 is 10.6 Å². The highest BCUT2D eigenvalue weighted by Crippen LogP contribution is 2.38. The number of aromatic nitrogens is 5. The lowest BCUT2D eigenvalue weighted by Gasteiger charge is -2.14. The Morgan fingerprint density at radius 2 is 1.89 bits per heavy atom. The maximum Gasteiger partial charge on any atom is 0.164 e. The number of aryl methyl sites for hydroxylation is 3. The monoisotopic (exact) mass is 538 g/mol. The van der Waals surface area contributed by atoms with Gasteiger partial charge in [-0.15, -0.1) is 21.5 Å². The van der Waals surface area contributed by atoms with Crippen molar-refractivity contribution in [3.05, 3.63) is 80.7 Å². The Balaban J connectivity index is 0.000000747. The molecule has 0 bridgehead atoms. The Morgan fingerprint density at radius 3 is 2.57 bits per heavy atom. The van der Waals surface area contributed by atoms with Gasteiger partial charge in [0, 0.05) is 46.4 Å². The fourth-order valence-corrected chi connectivity index (χ4v) is 5.53. The van der Waals surface area contributed by atoms with Gasteiger partial charge in [-0.05, 0) is 65.0 Å². The third kappa shape index (κ3) is 6.18. The second-order valence-electron chi connectivity index (χ2n) is 8.96. The SMILES string of the molecule is CCNC.Cc1sc2c(c1C)C(c1ccc(Cl)cc1)=NC(CNCCCc1ncc[nH]1)c1nnc(C)n1-2. The number of H-pyrrole nitrogens is 1. The first-order chi connectivity index (χ1) is 17.9. The minimum Gasteiger partial charge on any atom is -0.349 e. The number of nitrogens with zero attached hydrogens (tertiary/aromatic N) is 5. The van der Waals surface area contributed by atoms with Crippen LogP contribution in [0.5, 0.6) is 0 Å². The number of benzene rings is 1. The molecule has 4 aromatic rings. The quantitative estimate of drug-likeness (QED) is 0.275. The fourth-order valence-electron chi connectivity index (χ4n) is 4.19. The smallest absolute Gasteiger partial charge is 0.164 e. The zero-order valence-electron chi connectivity index (χ0n) is 22.1. The molecule has 0 aliphatic carbocycles. The van der Waals surface area contributed by atoms with E-state index in [1.54, 1.807) is 17.5 Å². The summed E-state index contributed by atoms with van der Waals surface area (Å²) in [5.74, 6) is 2.76. The molecule has 1 unspecified atom stereocenters. The topological polar surface area (TPSA) is 95.8 Å². The summed E-state index contributed by atoms with van der Waals surface area (Å²) < 4.78 is 2.18. The van der Waals surface area contributed by atoms with Gasteiger partial charge in [-0.25, -0.2) is 4.98 Å². The predicted octanol–water partition coefficient (Wildman–Crippen LogP) is 4.97. The molecule has 1 aliphatic heterocycles. The molecular formula is C27H35ClN8S. The van der Waals surface area contributed by atoms with E-state index < -0.39 is 0 Å². The number of rotatable bonds is 8. The molecule has 3 aromatic heterocycles. The Bertz CT molecular complexity index is 1320. The highest BCUT2D eigenvalue weighted by atomic mass is 35.5. The number of fused-ring (bicyclic) bond motifs is 3. The molecule has 37 heavy (non-hydrogen) atoms. The third-order valence-corrected chi connectivity index (χ3v) is 7.81. The van der Waals surface area contributed by atoms with Crippen LogP contribution in [0.1, 0.15) is 58.4 Å². The van der Waals surface area contributed by atoms with Crippen LogP contribution in [0.4, 0.5) is 0 Å². The van der Waals surface area contributed by atoms with Gasteiger partial charge in [-0.3, -0.25) is 9.56 Å². The number of halogens is 1. The van der Waals surface area contributed by atoms with Crippen molar-refractivity contribution in [2.75, 3.05) is 26.7 Å². The molecule has 8 nitrogen and oxygen atoms in total. The van der Waals surface area contributed by atoms with Crippen molar-refractivity contribution in [3.63, 3.8) is 0 Å². The van der Waals surface area contributed by atoms with Gasteiger partial charge in [0.05, 0.1) is 5.71 Å². The van der Waals surface area contributed by atoms with Crippen LogP contribution in [0.3, 0.4) is 0 Å². The number of hydrogen-bond acceptors (Lipinski definition) is 7. The van der Waals surface area contributed by atoms with Crippen molar-refractivity contribution in [2.24, 2.45) is 4.99 Å². The van der Waals surface area contributed by atoms with Gasteiger partial charge in [-0.1, -0.05) is 30.7 Å². The molecule has 1 aliphatic rings. The van der Waals surface area contributed by atoms with E-state index in [1.807, 2.05) is 44.4 Å². The molecule has 0 saturated carbocycles. The van der Waals surface area contributed by atoms with Crippen molar-refractivity contribution in [3.8, 4) is 5.00 Å². The fraction of sp³-hybridized carbons (Fsp3) is 0.407. The number of aromatic amines is 1. The van der Waals surface area contributed by atoms with E-state index in [9.17, 15) is 0 Å². The van der Waals surface area contributed by atoms with Crippen molar-refractivity contribution < 1.29 is 0 Å². The van der Waals surface area contributed by atoms with Crippen LogP contribution >= 0.6 is 22.9 Å². The Hall–Kier alpha value is -2.85. The molecule has 1 aromatic carbocycles. The lowest BCUT2D eigenvalue weighted by atomic mass is 10.00. The minimum absolute atomic E-state index is 0.153. The van der Waals surface area contributed by atoms with Crippen molar-refractivity contribution in [1.29, 1.82) is 0 Å². The van der Waals surface area contributed by atoms with E-state index >= 15 is 0 Å². The zero-order valence-corrected chi connectivity index (χ0v) is 23.7. The van der Waals surface area contributed by atoms with Crippen LogP contribution in [0, 0.1) is 20.8 Å². The van der Waals surface area contributed by atoms with Gasteiger partial charge in [0.25, 0.3) is 0 Å². The first-order valence-electron chi connectivity index (χ1n) is 12.6. The molecule has 0 amide bonds. The highest BCUT2D eigenvalue weighted by molar-refractivity contribution is 7.15. The van der Waals surface area contributed by atoms with Crippen LogP contribution in [-0.2, 0) is 6.42 Å². The standard InChI is InChI=1S/C24H26ClN7S.C3H9N/c1-14-15(2)33-24-21(14)22(17-6-8-18(25)9-7-17)29-19(23-31-30-16(3)32(23)24)13-26-10-4-5-20-27-11-12-28-20;1-3-4-2/h6-9,11-12,19,26H,4-5,10,13H2,1-3H3,(H,27,28);4H,3H2,1-2H3. The average Bonchev–Trinajstić information content (AvgIpc) is 3.60. The second-order valence-corrected chi connectivity index (χ2v) is 10.6. The zero-order chi connectivity index (χ0) is 26.4. The summed E-state index contributed by atoms with van der Waals surface area (Å²) in [6.45, 7) is 11.0. The van der Waals surface area contributed by atoms with E-state index in [0.717, 1.165) is 65.2 Å². The molecule has 0 radical (unpaired) electrons. The lowest BCUT2D eigenvalue weighted by Crippen LogP contribution is -2.24. The normalized spacial score (nSPS) is 14.3. The molecule has 0 fully saturated rings. The molecule has 10 heteroatoms. The Kier molecular flexibility index (Phi) is 9.26. The van der Waals surface area contributed by atoms with Crippen LogP contribution in [0.2, 0.25) is 5.02 Å². The summed E-state index contributed by atoms with van der Waals surface area (Å²) in [4.78, 5) is 14.0. The van der Waals surface area contributed by atoms with Gasteiger partial charge in [-0.2, -0.15) is 0 Å². The van der Waals surface area contributed by atoms with Crippen molar-refractivity contribution in [1.82, 2.24) is 35.4 Å². The minimum atomic E-state index is -0.153. The Morgan fingerprint density at radius 1 is 1.14 bits per heavy atom. The largest absolute Gasteiger partial charge is 0.349 e. The summed E-state index contributed by atoms with van der Waals surface area (Å²) in [6, 6.07) is 7.78. The van der Waals surface area contributed by atoms with E-state index in [2.05, 4.69) is 56.1 Å². The molecule has 5 rings (SSSR count). The second kappa shape index (κ2) is 12.6. The van der Waals surface area contributed by atoms with E-state index in [0.29, 0.717) is 11.6 Å². The lowest BCUT2D eigenvalue weighted by molar-refractivity contribution is 0.558. The number of imidazole rings is 1. The predicted molar refractivity (Wildman–Crippen MR) is 153 cm³/mol. The van der Waals surface area contributed by atoms with Crippen LogP contribution in [0.25, 0.3) is 5.00 Å². The third-order valence-electron chi connectivity index (χ3n) is 6.37. The number of thiophene rings is 1. The molecular weight excluding hydrogens is 504 g/mol. The number of nitrogens with one attached hydrogen (secondary N) is 3. The summed E-state index contributed by atoms with van der Waals surface area (Å²) >= 11 is 7.95. The molecule has 196 valence electrons. The summed E-state index contributed by atoms with van der Waals surface area (Å²) in [5.41, 5.74) is 4.44. The van der Waals surface area contributed by atoms with Gasteiger partial charge < -0.3 is 15.6 Å². The summed E-state index contributed by atoms with van der Waals surface area (Å²) in [5, 5.41) is 17.3. The number of aliphatic imine (C=N–C) groups is 1. The van der Waals surface area contributed by atoms with Gasteiger partial charge in [0.15, 0.2) is 5.82 Å². The van der Waals surface area contributed by atoms with E-state index in [4.69, 9.17) is 16.6 Å². The van der Waals surface area contributed by atoms with E-state index in [1.165, 1.54) is 10.4 Å². The molecule has 0 saturated heterocycles. The van der Waals surface area contributed by atoms with Crippen molar-refractivity contribution >= 4 is 28.6 Å². The van der Waals surface area contributed by atoms with Gasteiger partial charge in [0.2, 0.25) is 0 Å². The maximum absolute atomic E-state index is 6.18. The first kappa shape index (κ1) is 27.2. The summed E-state index contributed by atoms with van der Waals surface area (Å²) in [7, 11) is 1.93. The molecule has 0 spiro atoms. The maximum atomic E-state index is 6.18. The average molecular weight is 539 g/mol. The molecule has 4 heterocycles. The molecule has 3 N–H and O–H groups in total. The first-order valence-corrected chi connectivity index (χ1v) is 13.8. The van der Waals surface area contributed by atoms with Crippen molar-refractivity contribution in [2.45, 2.75) is 46.6 Å². The van der Waals surface area contributed by atoms with Crippen LogP contribution in [-0.4, -0.2) is 57.1 Å². The van der Waals surface area contributed by atoms with Gasteiger partial charge in [0.1, 0.15) is 22.7 Å².